The monoisotopic (exact) mass is 517 g/mol. The van der Waals surface area contributed by atoms with Crippen LogP contribution in [-0.4, -0.2) is 42.7 Å². The van der Waals surface area contributed by atoms with E-state index in [0.717, 1.165) is 32.1 Å². The summed E-state index contributed by atoms with van der Waals surface area (Å²) in [6.45, 7) is 0. The van der Waals surface area contributed by atoms with E-state index in [4.69, 9.17) is 38.9 Å². The van der Waals surface area contributed by atoms with Crippen LogP contribution < -0.4 is 16.4 Å². The number of primary amides is 1. The maximum atomic E-state index is 11.7. The number of carbonyl (C=O) groups is 1. The molecule has 0 saturated heterocycles. The zero-order chi connectivity index (χ0) is 24.5. The van der Waals surface area contributed by atoms with E-state index in [2.05, 4.69) is 20.2 Å². The molecule has 0 aliphatic heterocycles. The lowest BCUT2D eigenvalue weighted by Crippen LogP contribution is -2.30. The van der Waals surface area contributed by atoms with Crippen LogP contribution in [0.1, 0.15) is 57.4 Å². The fourth-order valence-corrected chi connectivity index (χ4v) is 5.71. The van der Waals surface area contributed by atoms with Crippen LogP contribution in [0, 0.1) is 5.92 Å². The van der Waals surface area contributed by atoms with Gasteiger partial charge in [0.25, 0.3) is 0 Å². The Bertz CT molecular complexity index is 1210. The number of hydrogen-bond acceptors (Lipinski definition) is 7. The van der Waals surface area contributed by atoms with Crippen LogP contribution in [-0.2, 0) is 4.79 Å². The Labute approximate surface area is 213 Å². The van der Waals surface area contributed by atoms with Crippen LogP contribution in [0.15, 0.2) is 24.4 Å². The molecule has 9 nitrogen and oxygen atoms in total. The van der Waals surface area contributed by atoms with Gasteiger partial charge in [0.2, 0.25) is 17.8 Å². The number of halogens is 2. The molecule has 3 aromatic rings. The van der Waals surface area contributed by atoms with Gasteiger partial charge in [-0.1, -0.05) is 29.3 Å². The third-order valence-electron chi connectivity index (χ3n) is 7.08. The molecular weight excluding hydrogens is 489 g/mol. The number of fused-ring (bicyclic) bond motifs is 1. The highest BCUT2D eigenvalue weighted by Crippen LogP contribution is 2.39. The Morgan fingerprint density at radius 3 is 2.51 bits per heavy atom. The second kappa shape index (κ2) is 10.2. The van der Waals surface area contributed by atoms with Gasteiger partial charge in [-0.05, 0) is 63.5 Å². The van der Waals surface area contributed by atoms with Crippen LogP contribution in [0.2, 0.25) is 10.0 Å². The Hall–Kier alpha value is -2.62. The lowest BCUT2D eigenvalue weighted by atomic mass is 9.85. The molecular formula is C24H29Cl2N7O2. The number of anilines is 3. The highest BCUT2D eigenvalue weighted by Gasteiger charge is 2.30. The third-order valence-corrected chi connectivity index (χ3v) is 7.71. The van der Waals surface area contributed by atoms with Crippen LogP contribution in [0.3, 0.4) is 0 Å². The summed E-state index contributed by atoms with van der Waals surface area (Å²) in [5.41, 5.74) is 7.46. The molecule has 2 unspecified atom stereocenters. The molecule has 2 aliphatic carbocycles. The maximum Gasteiger partial charge on any atom is 0.224 e. The van der Waals surface area contributed by atoms with E-state index in [1.807, 2.05) is 0 Å². The minimum atomic E-state index is -0.299. The molecule has 5 rings (SSSR count). The molecule has 35 heavy (non-hydrogen) atoms. The van der Waals surface area contributed by atoms with Gasteiger partial charge in [-0.15, -0.1) is 0 Å². The summed E-state index contributed by atoms with van der Waals surface area (Å²) in [5.74, 6) is 0.714. The van der Waals surface area contributed by atoms with Gasteiger partial charge in [-0.3, -0.25) is 9.36 Å². The summed E-state index contributed by atoms with van der Waals surface area (Å²) < 4.78 is 2.06. The van der Waals surface area contributed by atoms with Crippen molar-refractivity contribution >= 4 is 57.9 Å². The van der Waals surface area contributed by atoms with Crippen molar-refractivity contribution in [2.24, 2.45) is 11.7 Å². The van der Waals surface area contributed by atoms with Gasteiger partial charge in [0.1, 0.15) is 5.52 Å². The number of aromatic nitrogens is 4. The first-order valence-electron chi connectivity index (χ1n) is 12.1. The molecule has 186 valence electrons. The predicted octanol–water partition coefficient (Wildman–Crippen LogP) is 4.81. The SMILES string of the molecule is NC(=O)C1CCC(n2c(Nc3c(Cl)cccc3Cl)nc3cnc(NC4CCCC(O)C4)nc32)CC1. The van der Waals surface area contributed by atoms with Gasteiger partial charge in [-0.2, -0.15) is 4.98 Å². The topological polar surface area (TPSA) is 131 Å². The predicted molar refractivity (Wildman–Crippen MR) is 137 cm³/mol. The molecule has 1 aromatic carbocycles. The van der Waals surface area contributed by atoms with Gasteiger partial charge < -0.3 is 21.5 Å². The Morgan fingerprint density at radius 1 is 1.09 bits per heavy atom. The van der Waals surface area contributed by atoms with Crippen molar-refractivity contribution in [3.05, 3.63) is 34.4 Å². The average molecular weight is 518 g/mol. The molecule has 5 N–H and O–H groups in total. The highest BCUT2D eigenvalue weighted by molar-refractivity contribution is 6.39. The van der Waals surface area contributed by atoms with E-state index in [-0.39, 0.29) is 30.0 Å². The number of nitrogens with one attached hydrogen (secondary N) is 2. The lowest BCUT2D eigenvalue weighted by Gasteiger charge is -2.29. The van der Waals surface area contributed by atoms with Gasteiger partial charge in [0.15, 0.2) is 5.65 Å². The number of para-hydroxylation sites is 1. The van der Waals surface area contributed by atoms with Crippen molar-refractivity contribution in [1.29, 1.82) is 0 Å². The van der Waals surface area contributed by atoms with E-state index in [1.54, 1.807) is 24.4 Å². The van der Waals surface area contributed by atoms with Gasteiger partial charge in [-0.25, -0.2) is 9.97 Å². The van der Waals surface area contributed by atoms with Gasteiger partial charge in [0, 0.05) is 18.0 Å². The van der Waals surface area contributed by atoms with Gasteiger partial charge in [0.05, 0.1) is 28.0 Å². The first-order valence-corrected chi connectivity index (χ1v) is 12.8. The molecule has 0 spiro atoms. The van der Waals surface area contributed by atoms with Crippen molar-refractivity contribution < 1.29 is 9.90 Å². The Kier molecular flexibility index (Phi) is 7.00. The van der Waals surface area contributed by atoms with E-state index in [1.165, 1.54) is 0 Å². The lowest BCUT2D eigenvalue weighted by molar-refractivity contribution is -0.122. The first kappa shape index (κ1) is 24.1. The van der Waals surface area contributed by atoms with E-state index >= 15 is 0 Å². The number of nitrogens with two attached hydrogens (primary N) is 1. The smallest absolute Gasteiger partial charge is 0.224 e. The van der Waals surface area contributed by atoms with Crippen LogP contribution in [0.5, 0.6) is 0 Å². The Balaban J connectivity index is 1.51. The average Bonchev–Trinajstić information content (AvgIpc) is 3.19. The summed E-state index contributed by atoms with van der Waals surface area (Å²) in [4.78, 5) is 25.8. The molecule has 1 amide bonds. The quantitative estimate of drug-likeness (QED) is 0.368. The molecule has 11 heteroatoms. The summed E-state index contributed by atoms with van der Waals surface area (Å²) >= 11 is 12.8. The number of nitrogens with zero attached hydrogens (tertiary/aromatic N) is 4. The van der Waals surface area contributed by atoms with Crippen molar-refractivity contribution in [3.63, 3.8) is 0 Å². The zero-order valence-corrected chi connectivity index (χ0v) is 20.8. The van der Waals surface area contributed by atoms with Gasteiger partial charge >= 0.3 is 0 Å². The maximum absolute atomic E-state index is 11.7. The second-order valence-corrected chi connectivity index (χ2v) is 10.3. The van der Waals surface area contributed by atoms with Crippen LogP contribution >= 0.6 is 23.2 Å². The fraction of sp³-hybridized carbons (Fsp3) is 0.500. The number of hydrogen-bond donors (Lipinski definition) is 4. The molecule has 2 saturated carbocycles. The molecule has 2 fully saturated rings. The first-order chi connectivity index (χ1) is 16.9. The minimum absolute atomic E-state index is 0.0682. The molecule has 2 aliphatic rings. The molecule has 0 bridgehead atoms. The van der Waals surface area contributed by atoms with Crippen molar-refractivity contribution in [1.82, 2.24) is 19.5 Å². The number of amides is 1. The minimum Gasteiger partial charge on any atom is -0.393 e. The summed E-state index contributed by atoms with van der Waals surface area (Å²) in [6, 6.07) is 5.51. The summed E-state index contributed by atoms with van der Waals surface area (Å²) in [5, 5.41) is 17.7. The standard InChI is InChI=1S/C24H29Cl2N7O2/c25-17-5-2-6-18(26)20(17)31-24-30-19-12-28-23(29-14-3-1-4-16(34)11-14)32-22(19)33(24)15-9-7-13(8-10-15)21(27)35/h2,5-6,12-16,34H,1,3-4,7-11H2,(H2,27,35)(H,30,31)(H,28,29,32). The van der Waals surface area contributed by atoms with Crippen LogP contribution in [0.25, 0.3) is 11.2 Å². The van der Waals surface area contributed by atoms with E-state index < -0.39 is 0 Å². The number of rotatable bonds is 6. The zero-order valence-electron chi connectivity index (χ0n) is 19.3. The number of imidazole rings is 1. The third kappa shape index (κ3) is 5.17. The number of aliphatic hydroxyl groups excluding tert-OH is 1. The second-order valence-electron chi connectivity index (χ2n) is 9.50. The van der Waals surface area contributed by atoms with Crippen molar-refractivity contribution in [2.45, 2.75) is 69.6 Å². The summed E-state index contributed by atoms with van der Waals surface area (Å²) in [7, 11) is 0. The summed E-state index contributed by atoms with van der Waals surface area (Å²) in [6.07, 6.45) is 7.80. The molecule has 2 atom stereocenters. The largest absolute Gasteiger partial charge is 0.393 e. The van der Waals surface area contributed by atoms with Crippen molar-refractivity contribution in [3.8, 4) is 0 Å². The Morgan fingerprint density at radius 2 is 1.83 bits per heavy atom. The van der Waals surface area contributed by atoms with Crippen molar-refractivity contribution in [2.75, 3.05) is 10.6 Å². The number of benzene rings is 1. The fourth-order valence-electron chi connectivity index (χ4n) is 5.22. The van der Waals surface area contributed by atoms with E-state index in [9.17, 15) is 9.90 Å². The number of aliphatic hydroxyl groups is 1. The number of carbonyl (C=O) groups excluding carboxylic acids is 1. The molecule has 0 radical (unpaired) electrons. The normalized spacial score (nSPS) is 24.9. The molecule has 2 aromatic heterocycles. The highest BCUT2D eigenvalue weighted by atomic mass is 35.5. The van der Waals surface area contributed by atoms with E-state index in [0.29, 0.717) is 58.1 Å². The molecule has 2 heterocycles. The van der Waals surface area contributed by atoms with Crippen LogP contribution in [0.4, 0.5) is 17.6 Å².